The Morgan fingerprint density at radius 3 is 2.56 bits per heavy atom. The molecule has 2 heterocycles. The van der Waals surface area contributed by atoms with Crippen LogP contribution in [0.5, 0.6) is 11.5 Å². The molecule has 1 N–H and O–H groups in total. The maximum atomic E-state index is 12.8. The molecule has 0 fully saturated rings. The number of furan rings is 1. The van der Waals surface area contributed by atoms with Gasteiger partial charge in [0.2, 0.25) is 0 Å². The maximum absolute atomic E-state index is 12.8. The lowest BCUT2D eigenvalue weighted by atomic mass is 10.1. The zero-order valence-corrected chi connectivity index (χ0v) is 21.3. The van der Waals surface area contributed by atoms with Gasteiger partial charge in [-0.15, -0.1) is 0 Å². The number of hydrogen-bond donors (Lipinski definition) is 1. The molecule has 0 radical (unpaired) electrons. The van der Waals surface area contributed by atoms with Gasteiger partial charge in [0.1, 0.15) is 17.3 Å². The number of halogens is 1. The average Bonchev–Trinajstić information content (AvgIpc) is 3.37. The second-order valence-corrected chi connectivity index (χ2v) is 9.02. The quantitative estimate of drug-likeness (QED) is 0.220. The Hall–Kier alpha value is -4.11. The van der Waals surface area contributed by atoms with Crippen LogP contribution in [0, 0.1) is 44.7 Å². The summed E-state index contributed by atoms with van der Waals surface area (Å²) in [4.78, 5) is 23.8. The van der Waals surface area contributed by atoms with Crippen molar-refractivity contribution in [3.05, 3.63) is 97.2 Å². The normalized spacial score (nSPS) is 10.9. The van der Waals surface area contributed by atoms with Gasteiger partial charge in [-0.3, -0.25) is 19.6 Å². The van der Waals surface area contributed by atoms with Gasteiger partial charge in [-0.05, 0) is 69.5 Å². The molecule has 0 saturated carbocycles. The highest BCUT2D eigenvalue weighted by Gasteiger charge is 2.18. The van der Waals surface area contributed by atoms with Crippen molar-refractivity contribution in [3.8, 4) is 11.5 Å². The Morgan fingerprint density at radius 1 is 1.14 bits per heavy atom. The minimum atomic E-state index is -0.554. The van der Waals surface area contributed by atoms with Crippen LogP contribution in [0.15, 0.2) is 46.9 Å². The second kappa shape index (κ2) is 9.87. The highest BCUT2D eigenvalue weighted by atomic mass is 35.5. The molecule has 1 amide bonds. The Labute approximate surface area is 212 Å². The van der Waals surface area contributed by atoms with Crippen LogP contribution in [0.2, 0.25) is 5.02 Å². The summed E-state index contributed by atoms with van der Waals surface area (Å²) in [6.07, 6.45) is 0. The molecule has 36 heavy (non-hydrogen) atoms. The minimum absolute atomic E-state index is 0.0526. The van der Waals surface area contributed by atoms with E-state index < -0.39 is 10.8 Å². The van der Waals surface area contributed by atoms with E-state index in [1.165, 1.54) is 24.3 Å². The topological polar surface area (TPSA) is 112 Å². The van der Waals surface area contributed by atoms with E-state index in [2.05, 4.69) is 10.4 Å². The lowest BCUT2D eigenvalue weighted by molar-refractivity contribution is -0.384. The number of anilines is 1. The first-order valence-electron chi connectivity index (χ1n) is 11.2. The Kier molecular flexibility index (Phi) is 6.85. The minimum Gasteiger partial charge on any atom is -0.457 e. The van der Waals surface area contributed by atoms with E-state index in [-0.39, 0.29) is 22.9 Å². The molecule has 186 valence electrons. The summed E-state index contributed by atoms with van der Waals surface area (Å²) in [6, 6.07) is 11.2. The van der Waals surface area contributed by atoms with Crippen molar-refractivity contribution in [2.45, 2.75) is 41.2 Å². The van der Waals surface area contributed by atoms with Crippen LogP contribution in [0.1, 0.15) is 44.4 Å². The van der Waals surface area contributed by atoms with Gasteiger partial charge in [0.15, 0.2) is 5.76 Å². The molecular formula is C26H25ClN4O5. The summed E-state index contributed by atoms with van der Waals surface area (Å²) < 4.78 is 13.4. The molecule has 0 aliphatic carbocycles. The number of aryl methyl sites for hydroxylation is 3. The molecule has 0 aliphatic heterocycles. The zero-order valence-electron chi connectivity index (χ0n) is 20.5. The summed E-state index contributed by atoms with van der Waals surface area (Å²) >= 11 is 6.20. The van der Waals surface area contributed by atoms with E-state index >= 15 is 0 Å². The summed E-state index contributed by atoms with van der Waals surface area (Å²) in [5.74, 6) is 0.827. The molecule has 0 unspecified atom stereocenters. The van der Waals surface area contributed by atoms with Crippen molar-refractivity contribution >= 4 is 28.9 Å². The largest absolute Gasteiger partial charge is 0.457 e. The summed E-state index contributed by atoms with van der Waals surface area (Å²) in [5, 5.41) is 19.1. The molecule has 0 bridgehead atoms. The molecular weight excluding hydrogens is 484 g/mol. The number of aromatic nitrogens is 2. The second-order valence-electron chi connectivity index (χ2n) is 8.64. The molecule has 2 aromatic carbocycles. The third-order valence-corrected chi connectivity index (χ3v) is 6.38. The van der Waals surface area contributed by atoms with E-state index in [0.29, 0.717) is 28.8 Å². The first-order chi connectivity index (χ1) is 17.0. The van der Waals surface area contributed by atoms with E-state index in [0.717, 1.165) is 22.4 Å². The molecule has 2 aromatic heterocycles. The standard InChI is InChI=1S/C26H25ClN4O5/c1-14-8-15(2)16(3)24(9-14)36-22-11-19(10-20(12-22)31(33)34)28-26(32)23-7-6-21(35-23)13-30-18(5)25(27)17(4)29-30/h6-12H,13H2,1-5H3,(H,28,32). The smallest absolute Gasteiger partial charge is 0.291 e. The number of nitro benzene ring substituents is 1. The Bertz CT molecular complexity index is 1490. The predicted octanol–water partition coefficient (Wildman–Crippen LogP) is 6.67. The lowest BCUT2D eigenvalue weighted by Gasteiger charge is -2.13. The van der Waals surface area contributed by atoms with Gasteiger partial charge in [0, 0.05) is 12.1 Å². The first-order valence-corrected chi connectivity index (χ1v) is 11.5. The number of benzene rings is 2. The number of nitro groups is 1. The van der Waals surface area contributed by atoms with Gasteiger partial charge in [-0.25, -0.2) is 0 Å². The van der Waals surface area contributed by atoms with E-state index in [1.807, 2.05) is 46.8 Å². The van der Waals surface area contributed by atoms with Crippen LogP contribution in [-0.2, 0) is 6.54 Å². The van der Waals surface area contributed by atoms with Crippen LogP contribution >= 0.6 is 11.6 Å². The van der Waals surface area contributed by atoms with Crippen LogP contribution < -0.4 is 10.1 Å². The number of hydrogen-bond acceptors (Lipinski definition) is 6. The van der Waals surface area contributed by atoms with Crippen molar-refractivity contribution < 1.29 is 18.9 Å². The molecule has 4 aromatic rings. The number of rotatable bonds is 7. The highest BCUT2D eigenvalue weighted by molar-refractivity contribution is 6.31. The SMILES string of the molecule is Cc1cc(C)c(C)c(Oc2cc(NC(=O)c3ccc(Cn4nc(C)c(Cl)c4C)o3)cc([N+](=O)[O-])c2)c1. The number of ether oxygens (including phenoxy) is 1. The van der Waals surface area contributed by atoms with Gasteiger partial charge in [-0.2, -0.15) is 5.10 Å². The van der Waals surface area contributed by atoms with Crippen LogP contribution in [-0.4, -0.2) is 20.6 Å². The monoisotopic (exact) mass is 508 g/mol. The zero-order chi connectivity index (χ0) is 26.1. The fourth-order valence-corrected chi connectivity index (χ4v) is 3.94. The molecule has 0 saturated heterocycles. The number of nitrogens with one attached hydrogen (secondary N) is 1. The number of non-ortho nitro benzene ring substituents is 1. The Balaban J connectivity index is 1.55. The molecule has 0 atom stereocenters. The van der Waals surface area contributed by atoms with Crippen molar-refractivity contribution in [2.75, 3.05) is 5.32 Å². The lowest BCUT2D eigenvalue weighted by Crippen LogP contribution is -2.11. The van der Waals surface area contributed by atoms with Crippen LogP contribution in [0.3, 0.4) is 0 Å². The average molecular weight is 509 g/mol. The number of carbonyl (C=O) groups excluding carboxylic acids is 1. The van der Waals surface area contributed by atoms with Crippen LogP contribution in [0.25, 0.3) is 0 Å². The van der Waals surface area contributed by atoms with Crippen molar-refractivity contribution in [2.24, 2.45) is 0 Å². The molecule has 0 aliphatic rings. The van der Waals surface area contributed by atoms with Crippen molar-refractivity contribution in [3.63, 3.8) is 0 Å². The van der Waals surface area contributed by atoms with Gasteiger partial charge in [0.05, 0.1) is 39.6 Å². The molecule has 10 heteroatoms. The molecule has 0 spiro atoms. The summed E-state index contributed by atoms with van der Waals surface area (Å²) in [5.41, 5.74) is 4.45. The number of nitrogens with zero attached hydrogens (tertiary/aromatic N) is 3. The van der Waals surface area contributed by atoms with Gasteiger partial charge < -0.3 is 14.5 Å². The number of carbonyl (C=O) groups is 1. The fraction of sp³-hybridized carbons (Fsp3) is 0.231. The van der Waals surface area contributed by atoms with Gasteiger partial charge in [-0.1, -0.05) is 17.7 Å². The summed E-state index contributed by atoms with van der Waals surface area (Å²) in [7, 11) is 0. The van der Waals surface area contributed by atoms with Crippen molar-refractivity contribution in [1.82, 2.24) is 9.78 Å². The fourth-order valence-electron chi connectivity index (χ4n) is 3.81. The maximum Gasteiger partial charge on any atom is 0.291 e. The first kappa shape index (κ1) is 25.0. The van der Waals surface area contributed by atoms with Crippen LogP contribution in [0.4, 0.5) is 11.4 Å². The van der Waals surface area contributed by atoms with E-state index in [4.69, 9.17) is 20.8 Å². The third-order valence-electron chi connectivity index (χ3n) is 5.84. The predicted molar refractivity (Wildman–Crippen MR) is 136 cm³/mol. The van der Waals surface area contributed by atoms with E-state index in [1.54, 1.807) is 10.7 Å². The summed E-state index contributed by atoms with van der Waals surface area (Å²) in [6.45, 7) is 9.79. The van der Waals surface area contributed by atoms with Gasteiger partial charge in [0.25, 0.3) is 11.6 Å². The van der Waals surface area contributed by atoms with Gasteiger partial charge >= 0.3 is 0 Å². The third kappa shape index (κ3) is 5.26. The van der Waals surface area contributed by atoms with Crippen molar-refractivity contribution in [1.29, 1.82) is 0 Å². The number of amides is 1. The Morgan fingerprint density at radius 2 is 1.89 bits per heavy atom. The molecule has 9 nitrogen and oxygen atoms in total. The van der Waals surface area contributed by atoms with E-state index in [9.17, 15) is 14.9 Å². The highest BCUT2D eigenvalue weighted by Crippen LogP contribution is 2.33. The molecule has 4 rings (SSSR count).